The third-order valence-electron chi connectivity index (χ3n) is 13.5. The Morgan fingerprint density at radius 1 is 0.354 bits per heavy atom. The maximum Gasteiger partial charge on any atom is 0.164 e. The van der Waals surface area contributed by atoms with Gasteiger partial charge in [0.2, 0.25) is 0 Å². The molecule has 0 atom stereocenters. The molecule has 0 unspecified atom stereocenters. The van der Waals surface area contributed by atoms with Gasteiger partial charge in [-0.3, -0.25) is 0 Å². The Morgan fingerprint density at radius 2 is 0.892 bits per heavy atom. The molecule has 306 valence electrons. The van der Waals surface area contributed by atoms with Crippen LogP contribution in [0.2, 0.25) is 0 Å². The van der Waals surface area contributed by atoms with E-state index in [0.717, 1.165) is 55.4 Å². The zero-order chi connectivity index (χ0) is 43.2. The summed E-state index contributed by atoms with van der Waals surface area (Å²) in [6, 6.07) is 73.1. The average molecular weight is 833 g/mol. The molecule has 3 aromatic heterocycles. The zero-order valence-electron chi connectivity index (χ0n) is 35.8. The fourth-order valence-corrected chi connectivity index (χ4v) is 10.2. The molecular formula is C60H40N4O. The molecule has 12 aromatic rings. The van der Waals surface area contributed by atoms with Gasteiger partial charge >= 0.3 is 0 Å². The summed E-state index contributed by atoms with van der Waals surface area (Å²) in [6.07, 6.45) is 0. The van der Waals surface area contributed by atoms with Crippen molar-refractivity contribution in [3.8, 4) is 73.2 Å². The van der Waals surface area contributed by atoms with Crippen molar-refractivity contribution in [2.45, 2.75) is 19.3 Å². The summed E-state index contributed by atoms with van der Waals surface area (Å²) < 4.78 is 9.00. The molecule has 0 amide bonds. The van der Waals surface area contributed by atoms with Crippen LogP contribution in [0.3, 0.4) is 0 Å². The highest BCUT2D eigenvalue weighted by Crippen LogP contribution is 2.51. The van der Waals surface area contributed by atoms with E-state index < -0.39 is 0 Å². The molecule has 1 aliphatic carbocycles. The van der Waals surface area contributed by atoms with Gasteiger partial charge in [-0.1, -0.05) is 147 Å². The summed E-state index contributed by atoms with van der Waals surface area (Å²) in [5, 5.41) is 4.61. The Hall–Kier alpha value is -8.41. The lowest BCUT2D eigenvalue weighted by Crippen LogP contribution is -2.14. The van der Waals surface area contributed by atoms with Gasteiger partial charge in [0.15, 0.2) is 17.5 Å². The molecule has 0 aliphatic heterocycles. The second-order valence-electron chi connectivity index (χ2n) is 17.6. The molecule has 65 heavy (non-hydrogen) atoms. The van der Waals surface area contributed by atoms with Crippen molar-refractivity contribution in [2.24, 2.45) is 0 Å². The van der Waals surface area contributed by atoms with Gasteiger partial charge in [-0.05, 0) is 117 Å². The topological polar surface area (TPSA) is 56.7 Å². The molecule has 9 aromatic carbocycles. The summed E-state index contributed by atoms with van der Waals surface area (Å²) in [4.78, 5) is 15.3. The number of para-hydroxylation sites is 1. The molecular weight excluding hydrogens is 793 g/mol. The largest absolute Gasteiger partial charge is 0.456 e. The maximum atomic E-state index is 6.61. The van der Waals surface area contributed by atoms with Gasteiger partial charge in [0.05, 0.1) is 11.0 Å². The molecule has 5 nitrogen and oxygen atoms in total. The number of benzene rings is 9. The van der Waals surface area contributed by atoms with Crippen molar-refractivity contribution < 1.29 is 4.42 Å². The van der Waals surface area contributed by atoms with Crippen molar-refractivity contribution in [1.82, 2.24) is 19.5 Å². The second kappa shape index (κ2) is 14.3. The summed E-state index contributed by atoms with van der Waals surface area (Å²) in [6.45, 7) is 4.69. The molecule has 0 radical (unpaired) electrons. The minimum atomic E-state index is -0.0778. The van der Waals surface area contributed by atoms with E-state index in [1.165, 1.54) is 55.2 Å². The lowest BCUT2D eigenvalue weighted by molar-refractivity contribution is 0.661. The smallest absolute Gasteiger partial charge is 0.164 e. The van der Waals surface area contributed by atoms with Crippen molar-refractivity contribution >= 4 is 43.7 Å². The standard InChI is InChI=1S/C60H40N4O/c1-60(2)51-22-11-9-20-45(51)49-36-54-50(35-52(49)60)46-21-10-12-23-53(46)64(54)44-28-24-39(25-29-44)58-61-57(38-16-7-4-8-17-38)62-59(63-58)43-27-31-48-47-30-26-42(33-55(47)65-56(48)34-43)41-19-13-18-40(32-41)37-14-5-3-6-15-37/h3-36H,1-2H3. The second-order valence-corrected chi connectivity index (χ2v) is 17.6. The van der Waals surface area contributed by atoms with Crippen molar-refractivity contribution in [2.75, 3.05) is 0 Å². The van der Waals surface area contributed by atoms with Crippen LogP contribution in [0.25, 0.3) is 117 Å². The van der Waals surface area contributed by atoms with E-state index >= 15 is 0 Å². The summed E-state index contributed by atoms with van der Waals surface area (Å²) in [7, 11) is 0. The third-order valence-corrected chi connectivity index (χ3v) is 13.5. The number of hydrogen-bond acceptors (Lipinski definition) is 4. The molecule has 0 bridgehead atoms. The molecule has 5 heteroatoms. The van der Waals surface area contributed by atoms with E-state index in [0.29, 0.717) is 17.5 Å². The summed E-state index contributed by atoms with van der Waals surface area (Å²) in [5.74, 6) is 1.80. The lowest BCUT2D eigenvalue weighted by atomic mass is 9.82. The minimum absolute atomic E-state index is 0.0778. The van der Waals surface area contributed by atoms with Crippen molar-refractivity contribution in [1.29, 1.82) is 0 Å². The van der Waals surface area contributed by atoms with E-state index in [9.17, 15) is 0 Å². The summed E-state index contributed by atoms with van der Waals surface area (Å²) >= 11 is 0. The first-order valence-corrected chi connectivity index (χ1v) is 22.2. The van der Waals surface area contributed by atoms with E-state index in [-0.39, 0.29) is 5.41 Å². The van der Waals surface area contributed by atoms with E-state index in [2.05, 4.69) is 188 Å². The predicted octanol–water partition coefficient (Wildman–Crippen LogP) is 15.5. The molecule has 0 spiro atoms. The lowest BCUT2D eigenvalue weighted by Gasteiger charge is -2.21. The van der Waals surface area contributed by atoms with E-state index in [4.69, 9.17) is 19.4 Å². The van der Waals surface area contributed by atoms with E-state index in [1.54, 1.807) is 0 Å². The highest BCUT2D eigenvalue weighted by molar-refractivity contribution is 6.11. The number of aromatic nitrogens is 4. The fraction of sp³-hybridized carbons (Fsp3) is 0.0500. The first kappa shape index (κ1) is 37.2. The van der Waals surface area contributed by atoms with Crippen LogP contribution in [0.1, 0.15) is 25.0 Å². The SMILES string of the molecule is CC1(C)c2ccccc2-c2cc3c(cc21)c1ccccc1n3-c1ccc(-c2nc(-c3ccccc3)nc(-c3ccc4c(c3)oc3cc(-c5cccc(-c6ccccc6)c5)ccc34)n2)cc1. The summed E-state index contributed by atoms with van der Waals surface area (Å²) in [5.41, 5.74) is 17.6. The van der Waals surface area contributed by atoms with Crippen LogP contribution in [0.15, 0.2) is 211 Å². The average Bonchev–Trinajstić information content (AvgIpc) is 3.98. The van der Waals surface area contributed by atoms with Crippen LogP contribution in [0, 0.1) is 0 Å². The van der Waals surface area contributed by atoms with Crippen LogP contribution in [-0.4, -0.2) is 19.5 Å². The number of hydrogen-bond donors (Lipinski definition) is 0. The van der Waals surface area contributed by atoms with Crippen LogP contribution in [0.5, 0.6) is 0 Å². The predicted molar refractivity (Wildman–Crippen MR) is 266 cm³/mol. The highest BCUT2D eigenvalue weighted by atomic mass is 16.3. The number of fused-ring (bicyclic) bond motifs is 9. The molecule has 1 aliphatic rings. The molecule has 0 N–H and O–H groups in total. The highest BCUT2D eigenvalue weighted by Gasteiger charge is 2.36. The third kappa shape index (κ3) is 5.97. The van der Waals surface area contributed by atoms with Crippen LogP contribution in [0.4, 0.5) is 0 Å². The van der Waals surface area contributed by atoms with Gasteiger partial charge < -0.3 is 8.98 Å². The Kier molecular flexibility index (Phi) is 8.18. The number of nitrogens with zero attached hydrogens (tertiary/aromatic N) is 4. The first-order chi connectivity index (χ1) is 31.9. The Labute approximate surface area is 376 Å². The minimum Gasteiger partial charge on any atom is -0.456 e. The van der Waals surface area contributed by atoms with Gasteiger partial charge in [-0.2, -0.15) is 0 Å². The maximum absolute atomic E-state index is 6.61. The van der Waals surface area contributed by atoms with E-state index in [1.807, 2.05) is 36.4 Å². The number of furan rings is 1. The normalized spacial score (nSPS) is 12.9. The van der Waals surface area contributed by atoms with Crippen LogP contribution < -0.4 is 0 Å². The van der Waals surface area contributed by atoms with Gasteiger partial charge in [0.25, 0.3) is 0 Å². The number of rotatable bonds is 6. The Balaban J connectivity index is 0.893. The van der Waals surface area contributed by atoms with Crippen molar-refractivity contribution in [3.63, 3.8) is 0 Å². The fourth-order valence-electron chi connectivity index (χ4n) is 10.2. The molecule has 0 saturated carbocycles. The monoisotopic (exact) mass is 832 g/mol. The molecule has 0 saturated heterocycles. The quantitative estimate of drug-likeness (QED) is 0.167. The van der Waals surface area contributed by atoms with Gasteiger partial charge in [0.1, 0.15) is 11.2 Å². The molecule has 0 fully saturated rings. The zero-order valence-corrected chi connectivity index (χ0v) is 35.8. The molecule has 13 rings (SSSR count). The van der Waals surface area contributed by atoms with Crippen molar-refractivity contribution in [3.05, 3.63) is 217 Å². The van der Waals surface area contributed by atoms with Crippen LogP contribution in [-0.2, 0) is 5.41 Å². The molecule has 3 heterocycles. The first-order valence-electron chi connectivity index (χ1n) is 22.2. The van der Waals surface area contributed by atoms with Gasteiger partial charge in [-0.15, -0.1) is 0 Å². The van der Waals surface area contributed by atoms with Gasteiger partial charge in [0, 0.05) is 49.3 Å². The Morgan fingerprint density at radius 3 is 1.63 bits per heavy atom. The van der Waals surface area contributed by atoms with Gasteiger partial charge in [-0.25, -0.2) is 15.0 Å². The Bertz CT molecular complexity index is 3840. The van der Waals surface area contributed by atoms with Crippen LogP contribution >= 0.6 is 0 Å².